The van der Waals surface area contributed by atoms with E-state index in [0.29, 0.717) is 37.8 Å². The van der Waals surface area contributed by atoms with E-state index in [4.69, 9.17) is 9.47 Å². The largest absolute Gasteiger partial charge is 0.504 e. The smallest absolute Gasteiger partial charge is 0.265 e. The van der Waals surface area contributed by atoms with Gasteiger partial charge in [-0.2, -0.15) is 14.9 Å². The molecule has 10 nitrogen and oxygen atoms in total. The van der Waals surface area contributed by atoms with Gasteiger partial charge in [0.25, 0.3) is 5.95 Å². The third-order valence-corrected chi connectivity index (χ3v) is 5.59. The minimum absolute atomic E-state index is 0.0991. The fourth-order valence-electron chi connectivity index (χ4n) is 2.55. The first-order chi connectivity index (χ1) is 15.4. The highest BCUT2D eigenvalue weighted by Gasteiger charge is 2.10. The van der Waals surface area contributed by atoms with E-state index in [2.05, 4.69) is 25.8 Å². The molecule has 1 aromatic heterocycles. The number of nitrogens with zero attached hydrogens (tertiary/aromatic N) is 5. The lowest BCUT2D eigenvalue weighted by Crippen LogP contribution is -2.00. The van der Waals surface area contributed by atoms with Crippen molar-refractivity contribution >= 4 is 63.6 Å². The van der Waals surface area contributed by atoms with Gasteiger partial charge in [0, 0.05) is 0 Å². The number of anilines is 1. The van der Waals surface area contributed by atoms with Crippen LogP contribution < -0.4 is 14.9 Å². The monoisotopic (exact) mass is 662 g/mol. The van der Waals surface area contributed by atoms with Crippen LogP contribution in [0.2, 0.25) is 0 Å². The Bertz CT molecular complexity index is 1150. The first kappa shape index (κ1) is 24.0. The van der Waals surface area contributed by atoms with Crippen LogP contribution in [0, 0.1) is 7.14 Å². The Morgan fingerprint density at radius 1 is 0.969 bits per heavy atom. The van der Waals surface area contributed by atoms with Crippen molar-refractivity contribution < 1.29 is 19.7 Å². The molecule has 0 atom stereocenters. The Morgan fingerprint density at radius 3 is 2.09 bits per heavy atom. The topological polar surface area (TPSA) is 126 Å². The maximum atomic E-state index is 10.1. The lowest BCUT2D eigenvalue weighted by atomic mass is 10.2. The number of ether oxygens (including phenoxy) is 2. The van der Waals surface area contributed by atoms with Crippen LogP contribution >= 0.6 is 45.2 Å². The molecule has 0 aliphatic heterocycles. The third-order valence-electron chi connectivity index (χ3n) is 3.94. The second-order valence-electron chi connectivity index (χ2n) is 6.18. The molecule has 0 unspecified atom stereocenters. The van der Waals surface area contributed by atoms with Gasteiger partial charge in [-0.1, -0.05) is 0 Å². The number of phenolic OH excluding ortho intramolecular Hbond substituents is 2. The summed E-state index contributed by atoms with van der Waals surface area (Å²) in [6, 6.07) is 6.94. The molecule has 3 N–H and O–H groups in total. The van der Waals surface area contributed by atoms with E-state index in [-0.39, 0.29) is 11.5 Å². The van der Waals surface area contributed by atoms with Crippen molar-refractivity contribution in [3.05, 3.63) is 48.9 Å². The molecule has 0 saturated carbocycles. The van der Waals surface area contributed by atoms with Crippen molar-refractivity contribution in [2.45, 2.75) is 13.8 Å². The summed E-state index contributed by atoms with van der Waals surface area (Å²) in [6.07, 6.45) is 4.60. The van der Waals surface area contributed by atoms with E-state index >= 15 is 0 Å². The van der Waals surface area contributed by atoms with Gasteiger partial charge in [0.15, 0.2) is 23.0 Å². The van der Waals surface area contributed by atoms with Crippen LogP contribution in [0.15, 0.2) is 40.8 Å². The van der Waals surface area contributed by atoms with Crippen molar-refractivity contribution in [1.29, 1.82) is 0 Å². The molecular formula is C20H20I2N6O4. The molecule has 32 heavy (non-hydrogen) atoms. The minimum atomic E-state index is 0.0991. The summed E-state index contributed by atoms with van der Waals surface area (Å²) in [5.41, 5.74) is 4.26. The van der Waals surface area contributed by atoms with Crippen LogP contribution in [0.5, 0.6) is 23.0 Å². The Hall–Kier alpha value is -2.62. The molecule has 0 bridgehead atoms. The molecular weight excluding hydrogens is 642 g/mol. The van der Waals surface area contributed by atoms with E-state index in [1.54, 1.807) is 36.7 Å². The number of benzene rings is 2. The molecule has 2 aromatic carbocycles. The summed E-state index contributed by atoms with van der Waals surface area (Å²) in [7, 11) is 0. The van der Waals surface area contributed by atoms with Crippen LogP contribution in [0.3, 0.4) is 0 Å². The second kappa shape index (κ2) is 11.3. The number of phenols is 2. The van der Waals surface area contributed by atoms with Crippen LogP contribution in [-0.2, 0) is 0 Å². The highest BCUT2D eigenvalue weighted by atomic mass is 127. The number of rotatable bonds is 9. The summed E-state index contributed by atoms with van der Waals surface area (Å²) in [5.74, 6) is 1.28. The van der Waals surface area contributed by atoms with Crippen molar-refractivity contribution in [3.8, 4) is 23.0 Å². The predicted octanol–water partition coefficient (Wildman–Crippen LogP) is 4.02. The summed E-state index contributed by atoms with van der Waals surface area (Å²) in [4.78, 5) is 0. The Labute approximate surface area is 211 Å². The van der Waals surface area contributed by atoms with Crippen molar-refractivity contribution in [2.24, 2.45) is 10.2 Å². The molecule has 3 aromatic rings. The van der Waals surface area contributed by atoms with Gasteiger partial charge in [0.2, 0.25) is 0 Å². The summed E-state index contributed by atoms with van der Waals surface area (Å²) in [5, 5.41) is 36.4. The van der Waals surface area contributed by atoms with Gasteiger partial charge in [-0.05, 0) is 94.4 Å². The molecule has 0 fully saturated rings. The molecule has 1 heterocycles. The summed E-state index contributed by atoms with van der Waals surface area (Å²) in [6.45, 7) is 4.57. The molecule has 0 spiro atoms. The van der Waals surface area contributed by atoms with E-state index in [9.17, 15) is 10.2 Å². The van der Waals surface area contributed by atoms with Crippen LogP contribution in [0.1, 0.15) is 25.0 Å². The van der Waals surface area contributed by atoms with E-state index in [1.165, 1.54) is 11.0 Å². The average molecular weight is 662 g/mol. The van der Waals surface area contributed by atoms with E-state index in [1.807, 2.05) is 59.0 Å². The maximum absolute atomic E-state index is 10.1. The lowest BCUT2D eigenvalue weighted by molar-refractivity contribution is 0.317. The van der Waals surface area contributed by atoms with Gasteiger partial charge in [0.1, 0.15) is 6.33 Å². The number of hydrazone groups is 1. The van der Waals surface area contributed by atoms with E-state index in [0.717, 1.165) is 11.1 Å². The Kier molecular flexibility index (Phi) is 8.49. The molecule has 12 heteroatoms. The Morgan fingerprint density at radius 2 is 1.53 bits per heavy atom. The maximum Gasteiger partial charge on any atom is 0.265 e. The number of aromatic nitrogens is 3. The lowest BCUT2D eigenvalue weighted by Gasteiger charge is -2.08. The first-order valence-corrected chi connectivity index (χ1v) is 11.6. The minimum Gasteiger partial charge on any atom is -0.504 e. The summed E-state index contributed by atoms with van der Waals surface area (Å²) >= 11 is 4.06. The number of hydrogen-bond acceptors (Lipinski definition) is 9. The van der Waals surface area contributed by atoms with Gasteiger partial charge < -0.3 is 19.7 Å². The van der Waals surface area contributed by atoms with Crippen LogP contribution in [0.4, 0.5) is 5.95 Å². The highest BCUT2D eigenvalue weighted by molar-refractivity contribution is 14.1. The van der Waals surface area contributed by atoms with Crippen molar-refractivity contribution in [3.63, 3.8) is 0 Å². The summed E-state index contributed by atoms with van der Waals surface area (Å²) < 4.78 is 13.6. The highest BCUT2D eigenvalue weighted by Crippen LogP contribution is 2.33. The van der Waals surface area contributed by atoms with Gasteiger partial charge >= 0.3 is 0 Å². The zero-order valence-electron chi connectivity index (χ0n) is 17.2. The van der Waals surface area contributed by atoms with Gasteiger partial charge in [-0.25, -0.2) is 5.43 Å². The van der Waals surface area contributed by atoms with Gasteiger partial charge in [0.05, 0.1) is 32.8 Å². The van der Waals surface area contributed by atoms with Gasteiger partial charge in [-0.15, -0.1) is 10.2 Å². The number of halogens is 2. The first-order valence-electron chi connectivity index (χ1n) is 9.47. The molecule has 0 aliphatic rings. The van der Waals surface area contributed by atoms with Crippen molar-refractivity contribution in [1.82, 2.24) is 14.9 Å². The predicted molar refractivity (Wildman–Crippen MR) is 138 cm³/mol. The van der Waals surface area contributed by atoms with Gasteiger partial charge in [-0.3, -0.25) is 0 Å². The fraction of sp³-hybridized carbons (Fsp3) is 0.200. The fourth-order valence-corrected chi connectivity index (χ4v) is 3.80. The molecule has 0 amide bonds. The zero-order valence-corrected chi connectivity index (χ0v) is 21.5. The van der Waals surface area contributed by atoms with Crippen LogP contribution in [-0.4, -0.2) is 50.7 Å². The average Bonchev–Trinajstić information content (AvgIpc) is 3.21. The van der Waals surface area contributed by atoms with E-state index < -0.39 is 0 Å². The number of aromatic hydroxyl groups is 2. The Balaban J connectivity index is 1.74. The number of hydrogen-bond donors (Lipinski definition) is 3. The molecule has 0 aliphatic carbocycles. The molecule has 3 rings (SSSR count). The second-order valence-corrected chi connectivity index (χ2v) is 8.50. The SMILES string of the molecule is CCOc1cc(/C=N/Nc2nncn2/N=C/c2cc(I)c(O)c(OCC)c2)cc(I)c1O. The third kappa shape index (κ3) is 5.99. The normalized spacial score (nSPS) is 11.4. The number of nitrogens with one attached hydrogen (secondary N) is 1. The van der Waals surface area contributed by atoms with Crippen molar-refractivity contribution in [2.75, 3.05) is 18.6 Å². The molecule has 0 saturated heterocycles. The quantitative estimate of drug-likeness (QED) is 0.180. The van der Waals surface area contributed by atoms with Crippen LogP contribution in [0.25, 0.3) is 0 Å². The molecule has 0 radical (unpaired) electrons. The zero-order chi connectivity index (χ0) is 23.1. The standard InChI is InChI=1S/C20H20I2N6O4/c1-3-31-16-7-12(5-14(21)18(16)29)9-23-26-20-27-24-11-28(20)25-10-13-6-15(22)19(30)17(8-13)32-4-2/h5-11,29-30H,3-4H2,1-2H3,(H,26,27)/b23-9+,25-10+. The molecule has 168 valence electrons.